The van der Waals surface area contributed by atoms with Crippen LogP contribution in [0.2, 0.25) is 0 Å². The molecule has 0 bridgehead atoms. The van der Waals surface area contributed by atoms with Crippen molar-refractivity contribution in [3.05, 3.63) is 0 Å². The van der Waals surface area contributed by atoms with E-state index in [1.807, 2.05) is 34.6 Å². The van der Waals surface area contributed by atoms with Crippen molar-refractivity contribution in [1.82, 2.24) is 10.6 Å². The molecule has 1 amide bonds. The van der Waals surface area contributed by atoms with Gasteiger partial charge in [0.05, 0.1) is 12.2 Å². The second-order valence-electron chi connectivity index (χ2n) is 6.86. The quantitative estimate of drug-likeness (QED) is 0.681. The molecule has 1 fully saturated rings. The standard InChI is InChI=1S/C13H23N3O2/c1-11(2,3)15-10-14-9(17)13(16-10)6-7-18-12(4,5)8-13/h6-8H2,1-5H3,(H2,14,15,16,17). The zero-order valence-corrected chi connectivity index (χ0v) is 11.9. The highest BCUT2D eigenvalue weighted by Crippen LogP contribution is 2.36. The van der Waals surface area contributed by atoms with Gasteiger partial charge in [0, 0.05) is 18.4 Å². The second-order valence-corrected chi connectivity index (χ2v) is 6.86. The summed E-state index contributed by atoms with van der Waals surface area (Å²) < 4.78 is 5.67. The average molecular weight is 253 g/mol. The molecule has 2 heterocycles. The third kappa shape index (κ3) is 2.66. The summed E-state index contributed by atoms with van der Waals surface area (Å²) in [4.78, 5) is 16.8. The summed E-state index contributed by atoms with van der Waals surface area (Å²) in [7, 11) is 0. The number of nitrogens with zero attached hydrogens (tertiary/aromatic N) is 1. The highest BCUT2D eigenvalue weighted by atomic mass is 16.5. The zero-order chi connectivity index (χ0) is 13.6. The minimum absolute atomic E-state index is 0.00868. The Labute approximate surface area is 108 Å². The van der Waals surface area contributed by atoms with Crippen LogP contribution in [0, 0.1) is 0 Å². The number of nitrogens with one attached hydrogen (secondary N) is 2. The molecule has 0 aromatic rings. The van der Waals surface area contributed by atoms with Crippen LogP contribution in [0.1, 0.15) is 47.5 Å². The van der Waals surface area contributed by atoms with Gasteiger partial charge in [-0.05, 0) is 34.6 Å². The van der Waals surface area contributed by atoms with Gasteiger partial charge in [-0.25, -0.2) is 4.99 Å². The number of guanidine groups is 1. The molecule has 2 rings (SSSR count). The van der Waals surface area contributed by atoms with Gasteiger partial charge in [0.2, 0.25) is 0 Å². The number of hydrogen-bond acceptors (Lipinski definition) is 4. The number of rotatable bonds is 0. The Hall–Kier alpha value is -1.10. The van der Waals surface area contributed by atoms with Crippen molar-refractivity contribution in [1.29, 1.82) is 0 Å². The maximum Gasteiger partial charge on any atom is 0.254 e. The predicted octanol–water partition coefficient (Wildman–Crippen LogP) is 1.19. The van der Waals surface area contributed by atoms with Gasteiger partial charge in [0.25, 0.3) is 5.91 Å². The summed E-state index contributed by atoms with van der Waals surface area (Å²) in [6, 6.07) is 0. The maximum absolute atomic E-state index is 12.2. The smallest absolute Gasteiger partial charge is 0.254 e. The Bertz CT molecular complexity index is 396. The van der Waals surface area contributed by atoms with E-state index < -0.39 is 5.54 Å². The van der Waals surface area contributed by atoms with Crippen molar-refractivity contribution < 1.29 is 9.53 Å². The van der Waals surface area contributed by atoms with Gasteiger partial charge in [0.1, 0.15) is 5.54 Å². The summed E-state index contributed by atoms with van der Waals surface area (Å²) >= 11 is 0. The van der Waals surface area contributed by atoms with Crippen LogP contribution >= 0.6 is 0 Å². The fraction of sp³-hybridized carbons (Fsp3) is 0.846. The van der Waals surface area contributed by atoms with Crippen LogP contribution in [-0.2, 0) is 9.53 Å². The highest BCUT2D eigenvalue weighted by molar-refractivity contribution is 6.07. The van der Waals surface area contributed by atoms with Crippen molar-refractivity contribution in [3.8, 4) is 0 Å². The van der Waals surface area contributed by atoms with E-state index in [9.17, 15) is 4.79 Å². The molecule has 0 aromatic carbocycles. The Balaban J connectivity index is 2.20. The maximum atomic E-state index is 12.2. The van der Waals surface area contributed by atoms with Gasteiger partial charge in [-0.1, -0.05) is 0 Å². The molecule has 1 spiro atoms. The fourth-order valence-electron chi connectivity index (χ4n) is 2.56. The molecule has 0 aromatic heterocycles. The lowest BCUT2D eigenvalue weighted by Gasteiger charge is -2.38. The van der Waals surface area contributed by atoms with Crippen LogP contribution in [0.5, 0.6) is 0 Å². The predicted molar refractivity (Wildman–Crippen MR) is 70.5 cm³/mol. The SMILES string of the molecule is CC(C)(C)NC1=NC2(CCOC(C)(C)C2)C(=O)N1. The second kappa shape index (κ2) is 3.95. The van der Waals surface area contributed by atoms with Gasteiger partial charge in [-0.3, -0.25) is 10.1 Å². The highest BCUT2D eigenvalue weighted by Gasteiger charge is 2.50. The number of carbonyl (C=O) groups excluding carboxylic acids is 1. The summed E-state index contributed by atoms with van der Waals surface area (Å²) in [5.74, 6) is 0.579. The molecular formula is C13H23N3O2. The molecule has 2 aliphatic rings. The van der Waals surface area contributed by atoms with Gasteiger partial charge in [-0.2, -0.15) is 0 Å². The Morgan fingerprint density at radius 1 is 1.39 bits per heavy atom. The lowest BCUT2D eigenvalue weighted by Crippen LogP contribution is -2.51. The fourth-order valence-corrected chi connectivity index (χ4v) is 2.56. The third-order valence-corrected chi connectivity index (χ3v) is 3.20. The van der Waals surface area contributed by atoms with Crippen LogP contribution in [0.3, 0.4) is 0 Å². The van der Waals surface area contributed by atoms with Crippen LogP contribution < -0.4 is 10.6 Å². The minimum Gasteiger partial charge on any atom is -0.375 e. The Morgan fingerprint density at radius 3 is 2.61 bits per heavy atom. The van der Waals surface area contributed by atoms with E-state index in [0.717, 1.165) is 0 Å². The van der Waals surface area contributed by atoms with Crippen LogP contribution in [0.25, 0.3) is 0 Å². The average Bonchev–Trinajstić information content (AvgIpc) is 2.37. The van der Waals surface area contributed by atoms with Crippen molar-refractivity contribution in [3.63, 3.8) is 0 Å². The number of amides is 1. The first-order valence-corrected chi connectivity index (χ1v) is 6.45. The Kier molecular flexibility index (Phi) is 2.93. The normalized spacial score (nSPS) is 31.2. The molecule has 1 saturated heterocycles. The van der Waals surface area contributed by atoms with Gasteiger partial charge in [0.15, 0.2) is 5.96 Å². The molecule has 1 unspecified atom stereocenters. The van der Waals surface area contributed by atoms with Gasteiger partial charge < -0.3 is 10.1 Å². The van der Waals surface area contributed by atoms with Crippen molar-refractivity contribution in [2.45, 2.75) is 64.1 Å². The van der Waals surface area contributed by atoms with E-state index in [1.54, 1.807) is 0 Å². The van der Waals surface area contributed by atoms with Gasteiger partial charge in [-0.15, -0.1) is 0 Å². The van der Waals surface area contributed by atoms with E-state index >= 15 is 0 Å². The largest absolute Gasteiger partial charge is 0.375 e. The third-order valence-electron chi connectivity index (χ3n) is 3.20. The van der Waals surface area contributed by atoms with Crippen molar-refractivity contribution in [2.24, 2.45) is 4.99 Å². The first-order chi connectivity index (χ1) is 8.12. The summed E-state index contributed by atoms with van der Waals surface area (Å²) in [6.45, 7) is 10.7. The zero-order valence-electron chi connectivity index (χ0n) is 11.9. The molecule has 0 radical (unpaired) electrons. The van der Waals surface area contributed by atoms with Crippen molar-refractivity contribution in [2.75, 3.05) is 6.61 Å². The monoisotopic (exact) mass is 253 g/mol. The number of aliphatic imine (C=N–C) groups is 1. The summed E-state index contributed by atoms with van der Waals surface area (Å²) in [6.07, 6.45) is 1.28. The van der Waals surface area contributed by atoms with Crippen LogP contribution in [-0.4, -0.2) is 35.2 Å². The molecular weight excluding hydrogens is 230 g/mol. The lowest BCUT2D eigenvalue weighted by molar-refractivity contribution is -0.135. The number of ether oxygens (including phenoxy) is 1. The topological polar surface area (TPSA) is 62.7 Å². The summed E-state index contributed by atoms with van der Waals surface area (Å²) in [5, 5.41) is 6.08. The Morgan fingerprint density at radius 2 is 2.06 bits per heavy atom. The van der Waals surface area contributed by atoms with E-state index in [1.165, 1.54) is 0 Å². The molecule has 2 aliphatic heterocycles. The molecule has 102 valence electrons. The van der Waals surface area contributed by atoms with E-state index in [-0.39, 0.29) is 17.0 Å². The van der Waals surface area contributed by atoms with Crippen LogP contribution in [0.15, 0.2) is 4.99 Å². The van der Waals surface area contributed by atoms with E-state index in [0.29, 0.717) is 25.4 Å². The van der Waals surface area contributed by atoms with E-state index in [4.69, 9.17) is 4.74 Å². The lowest BCUT2D eigenvalue weighted by atomic mass is 9.81. The van der Waals surface area contributed by atoms with Crippen molar-refractivity contribution >= 4 is 11.9 Å². The molecule has 0 saturated carbocycles. The number of carbonyl (C=O) groups is 1. The first kappa shape index (κ1) is 13.3. The molecule has 5 heteroatoms. The number of hydrogen-bond donors (Lipinski definition) is 2. The molecule has 2 N–H and O–H groups in total. The van der Waals surface area contributed by atoms with E-state index in [2.05, 4.69) is 15.6 Å². The summed E-state index contributed by atoms with van der Waals surface area (Å²) in [5.41, 5.74) is -1.05. The van der Waals surface area contributed by atoms with Gasteiger partial charge >= 0.3 is 0 Å². The molecule has 1 atom stereocenters. The van der Waals surface area contributed by atoms with Crippen LogP contribution in [0.4, 0.5) is 0 Å². The molecule has 0 aliphatic carbocycles. The first-order valence-electron chi connectivity index (χ1n) is 6.45. The molecule has 5 nitrogen and oxygen atoms in total. The molecule has 18 heavy (non-hydrogen) atoms. The minimum atomic E-state index is -0.644.